The van der Waals surface area contributed by atoms with Gasteiger partial charge in [-0.1, -0.05) is 0 Å². The van der Waals surface area contributed by atoms with Gasteiger partial charge in [0, 0.05) is 30.6 Å². The smallest absolute Gasteiger partial charge is 0.316 e. The van der Waals surface area contributed by atoms with E-state index in [1.807, 2.05) is 0 Å². The minimum absolute atomic E-state index is 0.239. The molecule has 1 fully saturated rings. The lowest BCUT2D eigenvalue weighted by Crippen LogP contribution is -2.10. The van der Waals surface area contributed by atoms with Crippen molar-refractivity contribution in [1.82, 2.24) is 14.7 Å². The van der Waals surface area contributed by atoms with Crippen LogP contribution in [0.5, 0.6) is 0 Å². The molecule has 6 heteroatoms. The molecule has 2 aromatic rings. The van der Waals surface area contributed by atoms with E-state index in [2.05, 4.69) is 10.3 Å². The van der Waals surface area contributed by atoms with Gasteiger partial charge >= 0.3 is 6.18 Å². The first kappa shape index (κ1) is 11.5. The Morgan fingerprint density at radius 1 is 1.33 bits per heavy atom. The Morgan fingerprint density at radius 2 is 2.17 bits per heavy atom. The standard InChI is InChI=1S/C12H12F3N3/c13-12(14,15)9-1-2-11-17-6-10(18(11)7-9)8-3-4-16-5-8/h1-2,6-8,16H,3-5H2. The molecular weight excluding hydrogens is 243 g/mol. The van der Waals surface area contributed by atoms with Gasteiger partial charge in [-0.05, 0) is 25.1 Å². The lowest BCUT2D eigenvalue weighted by molar-refractivity contribution is -0.137. The van der Waals surface area contributed by atoms with Crippen molar-refractivity contribution >= 4 is 5.65 Å². The first-order valence-corrected chi connectivity index (χ1v) is 5.80. The number of hydrogen-bond donors (Lipinski definition) is 1. The molecule has 3 heterocycles. The molecule has 0 spiro atoms. The van der Waals surface area contributed by atoms with Crippen LogP contribution < -0.4 is 5.32 Å². The summed E-state index contributed by atoms with van der Waals surface area (Å²) in [6, 6.07) is 2.48. The van der Waals surface area contributed by atoms with Crippen molar-refractivity contribution in [2.45, 2.75) is 18.5 Å². The van der Waals surface area contributed by atoms with Crippen LogP contribution in [0.1, 0.15) is 23.6 Å². The highest BCUT2D eigenvalue weighted by molar-refractivity contribution is 5.43. The molecule has 1 saturated heterocycles. The molecule has 3 rings (SSSR count). The monoisotopic (exact) mass is 255 g/mol. The lowest BCUT2D eigenvalue weighted by atomic mass is 10.1. The summed E-state index contributed by atoms with van der Waals surface area (Å²) in [6.07, 6.45) is -0.573. The summed E-state index contributed by atoms with van der Waals surface area (Å²) < 4.78 is 39.6. The molecule has 0 radical (unpaired) electrons. The zero-order valence-corrected chi connectivity index (χ0v) is 9.54. The van der Waals surface area contributed by atoms with Crippen LogP contribution in [0.4, 0.5) is 13.2 Å². The van der Waals surface area contributed by atoms with Crippen molar-refractivity contribution < 1.29 is 13.2 Å². The van der Waals surface area contributed by atoms with Gasteiger partial charge in [-0.15, -0.1) is 0 Å². The second-order valence-corrected chi connectivity index (χ2v) is 4.52. The van der Waals surface area contributed by atoms with Crippen LogP contribution in [0.15, 0.2) is 24.5 Å². The topological polar surface area (TPSA) is 29.3 Å². The van der Waals surface area contributed by atoms with Gasteiger partial charge in [0.1, 0.15) is 5.65 Å². The number of aromatic nitrogens is 2. The van der Waals surface area contributed by atoms with Gasteiger partial charge in [-0.25, -0.2) is 4.98 Å². The number of nitrogens with zero attached hydrogens (tertiary/aromatic N) is 2. The van der Waals surface area contributed by atoms with Gasteiger partial charge in [0.25, 0.3) is 0 Å². The van der Waals surface area contributed by atoms with Crippen LogP contribution in [0, 0.1) is 0 Å². The van der Waals surface area contributed by atoms with E-state index in [9.17, 15) is 13.2 Å². The van der Waals surface area contributed by atoms with Crippen LogP contribution in [0.3, 0.4) is 0 Å². The van der Waals surface area contributed by atoms with E-state index in [0.29, 0.717) is 5.65 Å². The molecule has 0 amide bonds. The normalized spacial score (nSPS) is 20.7. The zero-order valence-electron chi connectivity index (χ0n) is 9.54. The fourth-order valence-corrected chi connectivity index (χ4v) is 2.38. The Morgan fingerprint density at radius 3 is 2.83 bits per heavy atom. The highest BCUT2D eigenvalue weighted by atomic mass is 19.4. The first-order chi connectivity index (χ1) is 8.55. The predicted octanol–water partition coefficient (Wildman–Crippen LogP) is 2.43. The number of alkyl halides is 3. The maximum atomic E-state index is 12.7. The molecule has 1 aliphatic rings. The Balaban J connectivity index is 2.10. The van der Waals surface area contributed by atoms with E-state index in [0.717, 1.165) is 37.5 Å². The van der Waals surface area contributed by atoms with Crippen molar-refractivity contribution in [3.8, 4) is 0 Å². The fraction of sp³-hybridized carbons (Fsp3) is 0.417. The maximum Gasteiger partial charge on any atom is 0.417 e. The van der Waals surface area contributed by atoms with Crippen molar-refractivity contribution in [1.29, 1.82) is 0 Å². The number of halogens is 3. The SMILES string of the molecule is FC(F)(F)c1ccc2ncc(C3CCNC3)n2c1. The number of nitrogens with one attached hydrogen (secondary N) is 1. The Hall–Kier alpha value is -1.56. The first-order valence-electron chi connectivity index (χ1n) is 5.80. The molecule has 0 saturated carbocycles. The molecule has 0 aromatic carbocycles. The summed E-state index contributed by atoms with van der Waals surface area (Å²) in [5.41, 5.74) is 0.770. The average Bonchev–Trinajstić information content (AvgIpc) is 2.95. The third kappa shape index (κ3) is 1.86. The second-order valence-electron chi connectivity index (χ2n) is 4.52. The lowest BCUT2D eigenvalue weighted by Gasteiger charge is -2.11. The average molecular weight is 255 g/mol. The number of fused-ring (bicyclic) bond motifs is 1. The third-order valence-electron chi connectivity index (χ3n) is 3.34. The van der Waals surface area contributed by atoms with Crippen LogP contribution in [0.2, 0.25) is 0 Å². The van der Waals surface area contributed by atoms with Gasteiger partial charge in [-0.3, -0.25) is 0 Å². The van der Waals surface area contributed by atoms with E-state index in [1.54, 1.807) is 10.6 Å². The van der Waals surface area contributed by atoms with Gasteiger partial charge in [0.2, 0.25) is 0 Å². The van der Waals surface area contributed by atoms with E-state index in [1.165, 1.54) is 6.07 Å². The number of rotatable bonds is 1. The molecule has 96 valence electrons. The highest BCUT2D eigenvalue weighted by Crippen LogP contribution is 2.30. The summed E-state index contributed by atoms with van der Waals surface area (Å²) >= 11 is 0. The van der Waals surface area contributed by atoms with Crippen molar-refractivity contribution in [3.05, 3.63) is 35.8 Å². The van der Waals surface area contributed by atoms with E-state index < -0.39 is 11.7 Å². The van der Waals surface area contributed by atoms with Crippen LogP contribution in [-0.4, -0.2) is 22.5 Å². The number of pyridine rings is 1. The fourth-order valence-electron chi connectivity index (χ4n) is 2.38. The Labute approximate surface area is 102 Å². The van der Waals surface area contributed by atoms with Gasteiger partial charge < -0.3 is 9.72 Å². The molecule has 1 atom stereocenters. The van der Waals surface area contributed by atoms with Gasteiger partial charge in [0.15, 0.2) is 0 Å². The summed E-state index contributed by atoms with van der Waals surface area (Å²) in [5, 5.41) is 3.21. The van der Waals surface area contributed by atoms with Gasteiger partial charge in [-0.2, -0.15) is 13.2 Å². The third-order valence-corrected chi connectivity index (χ3v) is 3.34. The molecule has 2 aromatic heterocycles. The Bertz CT molecular complexity index is 567. The molecule has 3 nitrogen and oxygen atoms in total. The maximum absolute atomic E-state index is 12.7. The van der Waals surface area contributed by atoms with Crippen molar-refractivity contribution in [3.63, 3.8) is 0 Å². The van der Waals surface area contributed by atoms with Crippen LogP contribution in [-0.2, 0) is 6.18 Å². The summed E-state index contributed by atoms with van der Waals surface area (Å²) in [6.45, 7) is 1.70. The number of hydrogen-bond acceptors (Lipinski definition) is 2. The molecule has 0 aliphatic carbocycles. The largest absolute Gasteiger partial charge is 0.417 e. The van der Waals surface area contributed by atoms with E-state index in [-0.39, 0.29) is 5.92 Å². The van der Waals surface area contributed by atoms with E-state index >= 15 is 0 Å². The molecule has 1 N–H and O–H groups in total. The van der Waals surface area contributed by atoms with Crippen LogP contribution in [0.25, 0.3) is 5.65 Å². The number of imidazole rings is 1. The molecular formula is C12H12F3N3. The minimum atomic E-state index is -4.32. The van der Waals surface area contributed by atoms with Crippen molar-refractivity contribution in [2.24, 2.45) is 0 Å². The summed E-state index contributed by atoms with van der Waals surface area (Å²) in [5.74, 6) is 0.239. The quantitative estimate of drug-likeness (QED) is 0.848. The predicted molar refractivity (Wildman–Crippen MR) is 60.4 cm³/mol. The van der Waals surface area contributed by atoms with E-state index in [4.69, 9.17) is 0 Å². The Kier molecular flexibility index (Phi) is 2.55. The highest BCUT2D eigenvalue weighted by Gasteiger charge is 2.31. The van der Waals surface area contributed by atoms with Gasteiger partial charge in [0.05, 0.1) is 5.56 Å². The van der Waals surface area contributed by atoms with Crippen LogP contribution >= 0.6 is 0 Å². The molecule has 1 aliphatic heterocycles. The zero-order chi connectivity index (χ0) is 12.8. The molecule has 1 unspecified atom stereocenters. The van der Waals surface area contributed by atoms with Crippen molar-refractivity contribution in [2.75, 3.05) is 13.1 Å². The summed E-state index contributed by atoms with van der Waals surface area (Å²) in [4.78, 5) is 4.15. The minimum Gasteiger partial charge on any atom is -0.316 e. The second kappa shape index (κ2) is 3.98. The molecule has 18 heavy (non-hydrogen) atoms. The summed E-state index contributed by atoms with van der Waals surface area (Å²) in [7, 11) is 0. The molecule has 0 bridgehead atoms.